The topological polar surface area (TPSA) is 26.3 Å². The molecule has 0 aromatic heterocycles. The molecule has 0 atom stereocenters. The van der Waals surface area contributed by atoms with Crippen LogP contribution in [0, 0.1) is 0 Å². The van der Waals surface area contributed by atoms with Crippen molar-refractivity contribution in [2.75, 3.05) is 6.16 Å². The molecule has 0 unspecified atom stereocenters. The highest BCUT2D eigenvalue weighted by Crippen LogP contribution is 2.55. The van der Waals surface area contributed by atoms with Crippen molar-refractivity contribution in [2.45, 2.75) is 45.6 Å². The summed E-state index contributed by atoms with van der Waals surface area (Å²) in [4.78, 5) is 11.9. The minimum atomic E-state index is -1.76. The lowest BCUT2D eigenvalue weighted by Gasteiger charge is -2.27. The van der Waals surface area contributed by atoms with Crippen LogP contribution in [-0.2, 0) is 9.53 Å². The summed E-state index contributed by atoms with van der Waals surface area (Å²) in [6, 6.07) is 32.9. The molecule has 0 N–H and O–H groups in total. The molecule has 31 heavy (non-hydrogen) atoms. The second-order valence-electron chi connectivity index (χ2n) is 7.89. The molecule has 0 radical (unpaired) electrons. The second kappa shape index (κ2) is 12.8. The number of ether oxygens (including phenoxy) is 1. The molecule has 0 saturated carbocycles. The third-order valence-corrected chi connectivity index (χ3v) is 9.86. The summed E-state index contributed by atoms with van der Waals surface area (Å²) >= 11 is 0. The molecule has 0 aliphatic heterocycles. The number of carbonyl (C=O) groups excluding carboxylic acids is 1. The standard InChI is InChI=1S/C27H32O2P.BrH/c1-23(2)29-27(28)21-13-6-14-22-30(24-15-7-3-8-16-24,25-17-9-4-10-18-25)26-19-11-5-12-20-26;/h3-5,7-12,15-20,23H,6,13-14,21-22H2,1-2H3;1H/q+1;/p-1. The Bertz CT molecular complexity index is 802. The van der Waals surface area contributed by atoms with E-state index in [0.717, 1.165) is 25.4 Å². The van der Waals surface area contributed by atoms with E-state index in [4.69, 9.17) is 4.74 Å². The average Bonchev–Trinajstić information content (AvgIpc) is 2.78. The van der Waals surface area contributed by atoms with E-state index in [1.807, 2.05) is 13.8 Å². The first-order valence-corrected chi connectivity index (χ1v) is 12.8. The van der Waals surface area contributed by atoms with E-state index < -0.39 is 7.26 Å². The fourth-order valence-electron chi connectivity index (χ4n) is 4.00. The van der Waals surface area contributed by atoms with Gasteiger partial charge in [-0.3, -0.25) is 4.79 Å². The van der Waals surface area contributed by atoms with Crippen molar-refractivity contribution in [3.63, 3.8) is 0 Å². The third-order valence-electron chi connectivity index (χ3n) is 5.33. The zero-order chi connectivity index (χ0) is 21.2. The number of esters is 1. The predicted octanol–water partition coefficient (Wildman–Crippen LogP) is 2.50. The van der Waals surface area contributed by atoms with Crippen LogP contribution in [0.25, 0.3) is 0 Å². The fourth-order valence-corrected chi connectivity index (χ4v) is 8.41. The Hall–Kier alpha value is -1.96. The van der Waals surface area contributed by atoms with Gasteiger partial charge in [0, 0.05) is 6.42 Å². The summed E-state index contributed by atoms with van der Waals surface area (Å²) in [7, 11) is -1.76. The summed E-state index contributed by atoms with van der Waals surface area (Å²) in [5.74, 6) is -0.0831. The fraction of sp³-hybridized carbons (Fsp3) is 0.296. The van der Waals surface area contributed by atoms with Gasteiger partial charge in [-0.25, -0.2) is 0 Å². The van der Waals surface area contributed by atoms with Gasteiger partial charge in [-0.2, -0.15) is 0 Å². The van der Waals surface area contributed by atoms with E-state index in [1.54, 1.807) is 0 Å². The van der Waals surface area contributed by atoms with Crippen molar-refractivity contribution >= 4 is 29.1 Å². The molecule has 0 aliphatic rings. The average molecular weight is 499 g/mol. The molecule has 4 heteroatoms. The van der Waals surface area contributed by atoms with Crippen LogP contribution in [0.3, 0.4) is 0 Å². The summed E-state index contributed by atoms with van der Waals surface area (Å²) in [5, 5.41) is 4.25. The van der Waals surface area contributed by atoms with E-state index in [0.29, 0.717) is 6.42 Å². The lowest BCUT2D eigenvalue weighted by Crippen LogP contribution is -3.00. The van der Waals surface area contributed by atoms with Gasteiger partial charge in [-0.1, -0.05) is 54.6 Å². The van der Waals surface area contributed by atoms with Gasteiger partial charge in [-0.15, -0.1) is 0 Å². The molecule has 164 valence electrons. The van der Waals surface area contributed by atoms with E-state index >= 15 is 0 Å². The molecule has 0 spiro atoms. The second-order valence-corrected chi connectivity index (χ2v) is 11.5. The molecule has 0 saturated heterocycles. The number of unbranched alkanes of at least 4 members (excludes halogenated alkanes) is 2. The normalized spacial score (nSPS) is 11.1. The summed E-state index contributed by atoms with van der Waals surface area (Å²) < 4.78 is 5.27. The number of rotatable bonds is 10. The monoisotopic (exact) mass is 498 g/mol. The summed E-state index contributed by atoms with van der Waals surface area (Å²) in [6.07, 6.45) is 4.56. The number of halogens is 1. The van der Waals surface area contributed by atoms with Crippen LogP contribution in [0.1, 0.15) is 39.5 Å². The highest BCUT2D eigenvalue weighted by Gasteiger charge is 2.44. The van der Waals surface area contributed by atoms with Crippen LogP contribution in [0.5, 0.6) is 0 Å². The van der Waals surface area contributed by atoms with Crippen LogP contribution in [0.4, 0.5) is 0 Å². The van der Waals surface area contributed by atoms with E-state index in [-0.39, 0.29) is 29.1 Å². The maximum Gasteiger partial charge on any atom is 0.306 e. The third kappa shape index (κ3) is 6.76. The first-order chi connectivity index (χ1) is 14.6. The Labute approximate surface area is 198 Å². The molecule has 0 bridgehead atoms. The highest BCUT2D eigenvalue weighted by molar-refractivity contribution is 7.95. The van der Waals surface area contributed by atoms with Crippen molar-refractivity contribution in [3.05, 3.63) is 91.0 Å². The number of hydrogen-bond donors (Lipinski definition) is 0. The van der Waals surface area contributed by atoms with Crippen molar-refractivity contribution < 1.29 is 26.5 Å². The van der Waals surface area contributed by atoms with Crippen LogP contribution in [0.2, 0.25) is 0 Å². The first kappa shape index (κ1) is 25.3. The minimum absolute atomic E-state index is 0. The Balaban J connectivity index is 0.00000341. The molecular weight excluding hydrogens is 467 g/mol. The zero-order valence-electron chi connectivity index (χ0n) is 18.4. The quantitative estimate of drug-likeness (QED) is 0.244. The van der Waals surface area contributed by atoms with Crippen molar-refractivity contribution in [2.24, 2.45) is 0 Å². The summed E-state index contributed by atoms with van der Waals surface area (Å²) in [6.45, 7) is 3.80. The van der Waals surface area contributed by atoms with Crippen LogP contribution in [0.15, 0.2) is 91.0 Å². The molecule has 0 amide bonds. The molecular formula is C27H32BrO2P. The van der Waals surface area contributed by atoms with E-state index in [2.05, 4.69) is 91.0 Å². The maximum absolute atomic E-state index is 11.9. The number of carbonyl (C=O) groups is 1. The summed E-state index contributed by atoms with van der Waals surface area (Å²) in [5.41, 5.74) is 0. The van der Waals surface area contributed by atoms with Gasteiger partial charge in [0.15, 0.2) is 0 Å². The molecule has 3 aromatic carbocycles. The van der Waals surface area contributed by atoms with E-state index in [1.165, 1.54) is 15.9 Å². The smallest absolute Gasteiger partial charge is 0.306 e. The maximum atomic E-state index is 11.9. The Morgan fingerprint density at radius 3 is 1.52 bits per heavy atom. The van der Waals surface area contributed by atoms with E-state index in [9.17, 15) is 4.79 Å². The van der Waals surface area contributed by atoms with Crippen molar-refractivity contribution in [1.82, 2.24) is 0 Å². The van der Waals surface area contributed by atoms with Gasteiger partial charge in [0.1, 0.15) is 23.2 Å². The van der Waals surface area contributed by atoms with Gasteiger partial charge in [0.25, 0.3) is 0 Å². The van der Waals surface area contributed by atoms with Crippen LogP contribution < -0.4 is 32.9 Å². The lowest BCUT2D eigenvalue weighted by molar-refractivity contribution is -0.147. The van der Waals surface area contributed by atoms with Crippen LogP contribution in [-0.4, -0.2) is 18.2 Å². The number of hydrogen-bond acceptors (Lipinski definition) is 2. The predicted molar refractivity (Wildman–Crippen MR) is 130 cm³/mol. The Morgan fingerprint density at radius 2 is 1.13 bits per heavy atom. The molecule has 0 aliphatic carbocycles. The number of benzene rings is 3. The molecule has 2 nitrogen and oxygen atoms in total. The lowest BCUT2D eigenvalue weighted by atomic mass is 10.2. The zero-order valence-corrected chi connectivity index (χ0v) is 20.9. The Morgan fingerprint density at radius 1 is 0.710 bits per heavy atom. The van der Waals surface area contributed by atoms with Gasteiger partial charge < -0.3 is 21.7 Å². The highest BCUT2D eigenvalue weighted by atomic mass is 79.9. The van der Waals surface area contributed by atoms with Crippen molar-refractivity contribution in [1.29, 1.82) is 0 Å². The Kier molecular flexibility index (Phi) is 10.4. The van der Waals surface area contributed by atoms with Gasteiger partial charge in [-0.05, 0) is 69.5 Å². The van der Waals surface area contributed by atoms with Crippen LogP contribution >= 0.6 is 7.26 Å². The first-order valence-electron chi connectivity index (χ1n) is 10.9. The minimum Gasteiger partial charge on any atom is -1.00 e. The SMILES string of the molecule is CC(C)OC(=O)CCCCC[P+](c1ccccc1)(c1ccccc1)c1ccccc1.[Br-]. The molecule has 0 heterocycles. The molecule has 3 rings (SSSR count). The van der Waals surface area contributed by atoms with Crippen molar-refractivity contribution in [3.8, 4) is 0 Å². The van der Waals surface area contributed by atoms with Gasteiger partial charge in [0.2, 0.25) is 0 Å². The van der Waals surface area contributed by atoms with Gasteiger partial charge in [0.05, 0.1) is 12.3 Å². The largest absolute Gasteiger partial charge is 1.00 e. The molecule has 0 fully saturated rings. The molecule has 3 aromatic rings. The van der Waals surface area contributed by atoms with Gasteiger partial charge >= 0.3 is 5.97 Å².